The first-order valence-corrected chi connectivity index (χ1v) is 12.5. The molecule has 2 aliphatic rings. The lowest BCUT2D eigenvalue weighted by Gasteiger charge is -2.28. The molecule has 0 bridgehead atoms. The topological polar surface area (TPSA) is 102 Å². The van der Waals surface area contributed by atoms with E-state index >= 15 is 0 Å². The highest BCUT2D eigenvalue weighted by atomic mass is 32.2. The van der Waals surface area contributed by atoms with Crippen molar-refractivity contribution in [3.63, 3.8) is 0 Å². The van der Waals surface area contributed by atoms with Gasteiger partial charge in [0.1, 0.15) is 16.2 Å². The summed E-state index contributed by atoms with van der Waals surface area (Å²) >= 11 is 0. The maximum Gasteiger partial charge on any atom is 0.331 e. The van der Waals surface area contributed by atoms with Crippen molar-refractivity contribution in [2.24, 2.45) is 0 Å². The van der Waals surface area contributed by atoms with Gasteiger partial charge in [0.05, 0.1) is 13.7 Å². The maximum atomic E-state index is 13.3. The van der Waals surface area contributed by atoms with Crippen LogP contribution in [0.4, 0.5) is 0 Å². The van der Waals surface area contributed by atoms with Crippen LogP contribution in [-0.4, -0.2) is 56.9 Å². The third-order valence-electron chi connectivity index (χ3n) is 6.08. The van der Waals surface area contributed by atoms with Gasteiger partial charge in [-0.15, -0.1) is 0 Å². The van der Waals surface area contributed by atoms with Crippen molar-refractivity contribution in [2.75, 3.05) is 26.8 Å². The molecule has 1 N–H and O–H groups in total. The number of nitrogens with one attached hydrogen (secondary N) is 1. The SMILES string of the molecule is CCOC(=O)C1(NC(=O)c2ccc(OC)c(S(=O)(=O)N3CCCCCC3)c2)CCCC1. The molecular formula is C22H32N2O6S. The summed E-state index contributed by atoms with van der Waals surface area (Å²) in [5, 5.41) is 2.84. The van der Waals surface area contributed by atoms with Gasteiger partial charge in [-0.05, 0) is 50.8 Å². The van der Waals surface area contributed by atoms with E-state index in [1.807, 2.05) is 0 Å². The van der Waals surface area contributed by atoms with Crippen LogP contribution in [0.5, 0.6) is 5.75 Å². The van der Waals surface area contributed by atoms with Gasteiger partial charge < -0.3 is 14.8 Å². The standard InChI is InChI=1S/C22H32N2O6S/c1-3-30-21(26)22(12-6-7-13-22)23-20(25)17-10-11-18(29-2)19(16-17)31(27,28)24-14-8-4-5-9-15-24/h10-11,16H,3-9,12-15H2,1-2H3,(H,23,25). The number of nitrogens with zero attached hydrogens (tertiary/aromatic N) is 1. The molecule has 1 aliphatic heterocycles. The summed E-state index contributed by atoms with van der Waals surface area (Å²) in [6, 6.07) is 4.36. The maximum absolute atomic E-state index is 13.3. The fourth-order valence-electron chi connectivity index (χ4n) is 4.36. The number of carbonyl (C=O) groups is 2. The number of hydrogen-bond acceptors (Lipinski definition) is 6. The number of sulfonamides is 1. The van der Waals surface area contributed by atoms with Gasteiger partial charge >= 0.3 is 5.97 Å². The van der Waals surface area contributed by atoms with E-state index in [4.69, 9.17) is 9.47 Å². The monoisotopic (exact) mass is 452 g/mol. The molecule has 1 aliphatic carbocycles. The molecule has 1 heterocycles. The molecule has 0 atom stereocenters. The van der Waals surface area contributed by atoms with E-state index in [1.54, 1.807) is 6.92 Å². The van der Waals surface area contributed by atoms with Crippen molar-refractivity contribution < 1.29 is 27.5 Å². The second-order valence-corrected chi connectivity index (χ2v) is 10.1. The Labute approximate surface area is 184 Å². The minimum absolute atomic E-state index is 0.0267. The molecule has 31 heavy (non-hydrogen) atoms. The highest BCUT2D eigenvalue weighted by Crippen LogP contribution is 2.33. The average Bonchev–Trinajstić information content (AvgIpc) is 3.06. The van der Waals surface area contributed by atoms with Gasteiger partial charge in [-0.3, -0.25) is 4.79 Å². The quantitative estimate of drug-likeness (QED) is 0.639. The average molecular weight is 453 g/mol. The van der Waals surface area contributed by atoms with E-state index < -0.39 is 27.4 Å². The van der Waals surface area contributed by atoms with Crippen LogP contribution in [0.1, 0.15) is 68.6 Å². The van der Waals surface area contributed by atoms with E-state index in [-0.39, 0.29) is 22.8 Å². The predicted molar refractivity (Wildman–Crippen MR) is 116 cm³/mol. The molecule has 172 valence electrons. The van der Waals surface area contributed by atoms with Crippen molar-refractivity contribution in [2.45, 2.75) is 68.7 Å². The molecule has 0 spiro atoms. The van der Waals surface area contributed by atoms with E-state index in [2.05, 4.69) is 5.32 Å². The van der Waals surface area contributed by atoms with Crippen molar-refractivity contribution in [3.8, 4) is 5.75 Å². The Balaban J connectivity index is 1.90. The number of amides is 1. The molecule has 8 nitrogen and oxygen atoms in total. The highest BCUT2D eigenvalue weighted by Gasteiger charge is 2.44. The summed E-state index contributed by atoms with van der Waals surface area (Å²) in [5.41, 5.74) is -0.888. The fraction of sp³-hybridized carbons (Fsp3) is 0.636. The molecule has 0 unspecified atom stereocenters. The van der Waals surface area contributed by atoms with E-state index in [1.165, 1.54) is 29.6 Å². The summed E-state index contributed by atoms with van der Waals surface area (Å²) < 4.78 is 38.6. The van der Waals surface area contributed by atoms with Crippen LogP contribution in [0.25, 0.3) is 0 Å². The van der Waals surface area contributed by atoms with Gasteiger partial charge in [0.25, 0.3) is 5.91 Å². The lowest BCUT2D eigenvalue weighted by atomic mass is 9.97. The molecule has 1 aromatic rings. The van der Waals surface area contributed by atoms with E-state index in [9.17, 15) is 18.0 Å². The Hall–Kier alpha value is -2.13. The van der Waals surface area contributed by atoms with Crippen molar-refractivity contribution >= 4 is 21.9 Å². The zero-order valence-electron chi connectivity index (χ0n) is 18.3. The van der Waals surface area contributed by atoms with Crippen LogP contribution in [0.3, 0.4) is 0 Å². The van der Waals surface area contributed by atoms with Crippen LogP contribution in [-0.2, 0) is 19.6 Å². The molecular weight excluding hydrogens is 420 g/mol. The van der Waals surface area contributed by atoms with Crippen LogP contribution < -0.4 is 10.1 Å². The summed E-state index contributed by atoms with van der Waals surface area (Å²) in [6.45, 7) is 2.87. The van der Waals surface area contributed by atoms with Gasteiger partial charge in [-0.2, -0.15) is 4.31 Å². The summed E-state index contributed by atoms with van der Waals surface area (Å²) in [7, 11) is -2.41. The molecule has 1 amide bonds. The van der Waals surface area contributed by atoms with E-state index in [0.29, 0.717) is 25.9 Å². The van der Waals surface area contributed by atoms with Crippen molar-refractivity contribution in [1.82, 2.24) is 9.62 Å². The first-order valence-electron chi connectivity index (χ1n) is 11.0. The number of carbonyl (C=O) groups excluding carboxylic acids is 2. The third kappa shape index (κ3) is 5.03. The molecule has 0 aromatic heterocycles. The predicted octanol–water partition coefficient (Wildman–Crippen LogP) is 2.87. The van der Waals surface area contributed by atoms with Gasteiger partial charge in [0.15, 0.2) is 0 Å². The lowest BCUT2D eigenvalue weighted by molar-refractivity contribution is -0.150. The fourth-order valence-corrected chi connectivity index (χ4v) is 6.06. The largest absolute Gasteiger partial charge is 0.495 e. The second kappa shape index (κ2) is 9.99. The highest BCUT2D eigenvalue weighted by molar-refractivity contribution is 7.89. The Kier molecular flexibility index (Phi) is 7.59. The molecule has 0 radical (unpaired) electrons. The number of ether oxygens (including phenoxy) is 2. The summed E-state index contributed by atoms with van der Waals surface area (Å²) in [4.78, 5) is 25.6. The van der Waals surface area contributed by atoms with Crippen LogP contribution in [0, 0.1) is 0 Å². The van der Waals surface area contributed by atoms with Crippen molar-refractivity contribution in [1.29, 1.82) is 0 Å². The Bertz CT molecular complexity index is 901. The van der Waals surface area contributed by atoms with Gasteiger partial charge in [-0.1, -0.05) is 25.7 Å². The second-order valence-electron chi connectivity index (χ2n) is 8.15. The van der Waals surface area contributed by atoms with Gasteiger partial charge in [0, 0.05) is 18.7 Å². The molecule has 2 fully saturated rings. The smallest absolute Gasteiger partial charge is 0.331 e. The molecule has 9 heteroatoms. The first kappa shape index (κ1) is 23.5. The number of benzene rings is 1. The minimum atomic E-state index is -3.81. The normalized spacial score (nSPS) is 19.4. The zero-order chi connectivity index (χ0) is 22.5. The molecule has 1 aromatic carbocycles. The Morgan fingerprint density at radius 3 is 2.29 bits per heavy atom. The number of hydrogen-bond donors (Lipinski definition) is 1. The third-order valence-corrected chi connectivity index (χ3v) is 8.00. The van der Waals surface area contributed by atoms with Crippen LogP contribution in [0.15, 0.2) is 23.1 Å². The van der Waals surface area contributed by atoms with Crippen LogP contribution >= 0.6 is 0 Å². The number of methoxy groups -OCH3 is 1. The number of esters is 1. The van der Waals surface area contributed by atoms with Crippen LogP contribution in [0.2, 0.25) is 0 Å². The minimum Gasteiger partial charge on any atom is -0.495 e. The summed E-state index contributed by atoms with van der Waals surface area (Å²) in [5.74, 6) is -0.738. The number of rotatable bonds is 7. The zero-order valence-corrected chi connectivity index (χ0v) is 19.1. The molecule has 1 saturated heterocycles. The van der Waals surface area contributed by atoms with Gasteiger partial charge in [-0.25, -0.2) is 13.2 Å². The Morgan fingerprint density at radius 1 is 1.06 bits per heavy atom. The molecule has 3 rings (SSSR count). The van der Waals surface area contributed by atoms with Gasteiger partial charge in [0.2, 0.25) is 10.0 Å². The van der Waals surface area contributed by atoms with E-state index in [0.717, 1.165) is 38.5 Å². The molecule has 1 saturated carbocycles. The van der Waals surface area contributed by atoms with Crippen molar-refractivity contribution in [3.05, 3.63) is 23.8 Å². The summed E-state index contributed by atoms with van der Waals surface area (Å²) in [6.07, 6.45) is 6.27. The lowest BCUT2D eigenvalue weighted by Crippen LogP contribution is -2.53. The Morgan fingerprint density at radius 2 is 1.71 bits per heavy atom. The first-order chi connectivity index (χ1) is 14.8.